The molecule has 1 fully saturated rings. The van der Waals surface area contributed by atoms with Crippen molar-refractivity contribution in [3.05, 3.63) is 46.9 Å². The summed E-state index contributed by atoms with van der Waals surface area (Å²) in [6.07, 6.45) is 0.684. The van der Waals surface area contributed by atoms with Crippen molar-refractivity contribution in [3.8, 4) is 0 Å². The molecule has 2 aromatic rings. The summed E-state index contributed by atoms with van der Waals surface area (Å²) in [7, 11) is -3.15. The first-order valence-corrected chi connectivity index (χ1v) is 9.63. The van der Waals surface area contributed by atoms with E-state index in [4.69, 9.17) is 0 Å². The second kappa shape index (κ2) is 6.39. The van der Waals surface area contributed by atoms with Crippen LogP contribution in [0.3, 0.4) is 0 Å². The number of hydrogen-bond acceptors (Lipinski definition) is 5. The van der Waals surface area contributed by atoms with Crippen molar-refractivity contribution in [3.63, 3.8) is 0 Å². The van der Waals surface area contributed by atoms with Crippen LogP contribution in [-0.2, 0) is 16.6 Å². The van der Waals surface area contributed by atoms with Gasteiger partial charge in [-0.05, 0) is 44.9 Å². The summed E-state index contributed by atoms with van der Waals surface area (Å²) in [6.45, 7) is 6.97. The zero-order chi connectivity index (χ0) is 17.3. The number of rotatable bonds is 4. The summed E-state index contributed by atoms with van der Waals surface area (Å²) < 4.78 is 25.6. The minimum absolute atomic E-state index is 0.230. The van der Waals surface area contributed by atoms with Crippen molar-refractivity contribution < 1.29 is 8.42 Å². The Bertz CT molecular complexity index is 865. The molecule has 1 aliphatic heterocycles. The molecular formula is C17H22N4O2S. The molecule has 0 spiro atoms. The number of nitrogens with zero attached hydrogens (tertiary/aromatic N) is 3. The van der Waals surface area contributed by atoms with E-state index in [0.717, 1.165) is 34.2 Å². The highest BCUT2D eigenvalue weighted by Crippen LogP contribution is 2.25. The molecule has 2 heterocycles. The topological polar surface area (TPSA) is 75.2 Å². The summed E-state index contributed by atoms with van der Waals surface area (Å²) in [5.41, 5.74) is 3.74. The fraction of sp³-hybridized carbons (Fsp3) is 0.412. The van der Waals surface area contributed by atoms with Gasteiger partial charge in [0.15, 0.2) is 0 Å². The predicted molar refractivity (Wildman–Crippen MR) is 95.8 cm³/mol. The average Bonchev–Trinajstić information content (AvgIpc) is 2.89. The first kappa shape index (κ1) is 16.7. The smallest absolute Gasteiger partial charge is 0.235 e. The monoisotopic (exact) mass is 346 g/mol. The Labute approximate surface area is 143 Å². The van der Waals surface area contributed by atoms with Gasteiger partial charge in [-0.2, -0.15) is 0 Å². The van der Waals surface area contributed by atoms with E-state index >= 15 is 0 Å². The first-order valence-electron chi connectivity index (χ1n) is 8.02. The molecule has 6 nitrogen and oxygen atoms in total. The third-order valence-corrected chi connectivity index (χ3v) is 6.13. The number of nitrogens with one attached hydrogen (secondary N) is 1. The Hall–Kier alpha value is -2.15. The molecule has 0 atom stereocenters. The largest absolute Gasteiger partial charge is 0.366 e. The lowest BCUT2D eigenvalue weighted by Crippen LogP contribution is -2.25. The van der Waals surface area contributed by atoms with Gasteiger partial charge in [0.1, 0.15) is 11.6 Å². The van der Waals surface area contributed by atoms with Gasteiger partial charge >= 0.3 is 0 Å². The molecule has 1 aromatic carbocycles. The van der Waals surface area contributed by atoms with Crippen LogP contribution < -0.4 is 9.62 Å². The van der Waals surface area contributed by atoms with Gasteiger partial charge in [0.25, 0.3) is 0 Å². The normalized spacial score (nSPS) is 16.4. The molecule has 24 heavy (non-hydrogen) atoms. The summed E-state index contributed by atoms with van der Waals surface area (Å²) in [4.78, 5) is 8.79. The molecule has 0 saturated carbocycles. The summed E-state index contributed by atoms with van der Waals surface area (Å²) in [5.74, 6) is 1.78. The number of anilines is 2. The fourth-order valence-corrected chi connectivity index (χ4v) is 4.43. The highest BCUT2D eigenvalue weighted by atomic mass is 32.2. The van der Waals surface area contributed by atoms with Crippen LogP contribution in [0.1, 0.15) is 29.1 Å². The van der Waals surface area contributed by atoms with E-state index in [1.54, 1.807) is 0 Å². The molecule has 1 saturated heterocycles. The van der Waals surface area contributed by atoms with Gasteiger partial charge in [0.2, 0.25) is 10.0 Å². The highest BCUT2D eigenvalue weighted by Gasteiger charge is 2.28. The van der Waals surface area contributed by atoms with E-state index < -0.39 is 10.0 Å². The highest BCUT2D eigenvalue weighted by molar-refractivity contribution is 7.93. The molecule has 0 radical (unpaired) electrons. The Morgan fingerprint density at radius 3 is 2.71 bits per heavy atom. The minimum atomic E-state index is -3.15. The third-order valence-electron chi connectivity index (χ3n) is 4.26. The summed E-state index contributed by atoms with van der Waals surface area (Å²) >= 11 is 0. The van der Waals surface area contributed by atoms with Gasteiger partial charge in [0, 0.05) is 24.3 Å². The van der Waals surface area contributed by atoms with E-state index in [-0.39, 0.29) is 5.75 Å². The van der Waals surface area contributed by atoms with Crippen LogP contribution >= 0.6 is 0 Å². The molecule has 1 aromatic heterocycles. The molecule has 3 rings (SSSR count). The van der Waals surface area contributed by atoms with E-state index in [1.807, 2.05) is 45.0 Å². The summed E-state index contributed by atoms with van der Waals surface area (Å²) in [6, 6.07) is 7.64. The van der Waals surface area contributed by atoms with E-state index in [2.05, 4.69) is 15.3 Å². The van der Waals surface area contributed by atoms with Crippen molar-refractivity contribution in [1.29, 1.82) is 0 Å². The van der Waals surface area contributed by atoms with Gasteiger partial charge < -0.3 is 5.32 Å². The molecule has 128 valence electrons. The Balaban J connectivity index is 1.79. The number of aryl methyl sites for hydroxylation is 2. The van der Waals surface area contributed by atoms with E-state index in [9.17, 15) is 8.42 Å². The van der Waals surface area contributed by atoms with E-state index in [1.165, 1.54) is 4.31 Å². The van der Waals surface area contributed by atoms with E-state index in [0.29, 0.717) is 19.5 Å². The lowest BCUT2D eigenvalue weighted by atomic mass is 10.2. The Morgan fingerprint density at radius 2 is 2.00 bits per heavy atom. The van der Waals surface area contributed by atoms with Crippen molar-refractivity contribution >= 4 is 21.5 Å². The van der Waals surface area contributed by atoms with Crippen LogP contribution in [-0.4, -0.2) is 30.7 Å². The molecule has 0 amide bonds. The van der Waals surface area contributed by atoms with Crippen molar-refractivity contribution in [1.82, 2.24) is 9.97 Å². The van der Waals surface area contributed by atoms with Crippen LogP contribution in [0.15, 0.2) is 24.3 Å². The molecule has 1 N–H and O–H groups in total. The Kier molecular flexibility index (Phi) is 4.45. The number of aromatic nitrogens is 2. The fourth-order valence-electron chi connectivity index (χ4n) is 2.88. The first-order chi connectivity index (χ1) is 11.4. The third kappa shape index (κ3) is 3.36. The van der Waals surface area contributed by atoms with Crippen LogP contribution in [0.5, 0.6) is 0 Å². The van der Waals surface area contributed by atoms with Crippen LogP contribution in [0.2, 0.25) is 0 Å². The standard InChI is InChI=1S/C17H22N4O2S/c1-12-13(2)19-14(3)20-17(12)18-11-15-6-4-7-16(10-15)21-8-5-9-24(21,22)23/h4,6-7,10H,5,8-9,11H2,1-3H3,(H,18,19,20). The molecule has 0 unspecified atom stereocenters. The van der Waals surface area contributed by atoms with Crippen molar-refractivity contribution in [2.45, 2.75) is 33.7 Å². The number of hydrogen-bond donors (Lipinski definition) is 1. The van der Waals surface area contributed by atoms with Crippen LogP contribution in [0.25, 0.3) is 0 Å². The van der Waals surface area contributed by atoms with Gasteiger partial charge in [-0.3, -0.25) is 4.31 Å². The maximum Gasteiger partial charge on any atom is 0.235 e. The zero-order valence-electron chi connectivity index (χ0n) is 14.2. The van der Waals surface area contributed by atoms with Gasteiger partial charge in [0.05, 0.1) is 11.4 Å². The SMILES string of the molecule is Cc1nc(C)c(C)c(NCc2cccc(N3CCCS3(=O)=O)c2)n1. The maximum atomic E-state index is 12.1. The second-order valence-electron chi connectivity index (χ2n) is 6.09. The van der Waals surface area contributed by atoms with Crippen LogP contribution in [0.4, 0.5) is 11.5 Å². The molecule has 1 aliphatic rings. The average molecular weight is 346 g/mol. The van der Waals surface area contributed by atoms with Crippen LogP contribution in [0, 0.1) is 20.8 Å². The lowest BCUT2D eigenvalue weighted by molar-refractivity contribution is 0.599. The summed E-state index contributed by atoms with van der Waals surface area (Å²) in [5, 5.41) is 3.33. The van der Waals surface area contributed by atoms with Gasteiger partial charge in [-0.1, -0.05) is 12.1 Å². The van der Waals surface area contributed by atoms with Crippen molar-refractivity contribution in [2.75, 3.05) is 21.9 Å². The molecule has 0 bridgehead atoms. The number of benzene rings is 1. The molecule has 7 heteroatoms. The Morgan fingerprint density at radius 1 is 1.21 bits per heavy atom. The number of sulfonamides is 1. The van der Waals surface area contributed by atoms with Gasteiger partial charge in [-0.25, -0.2) is 18.4 Å². The molecule has 0 aliphatic carbocycles. The van der Waals surface area contributed by atoms with Crippen molar-refractivity contribution in [2.24, 2.45) is 0 Å². The quantitative estimate of drug-likeness (QED) is 0.921. The second-order valence-corrected chi connectivity index (χ2v) is 8.11. The predicted octanol–water partition coefficient (Wildman–Crippen LogP) is 2.55. The minimum Gasteiger partial charge on any atom is -0.366 e. The molecular weight excluding hydrogens is 324 g/mol. The van der Waals surface area contributed by atoms with Gasteiger partial charge in [-0.15, -0.1) is 0 Å². The lowest BCUT2D eigenvalue weighted by Gasteiger charge is -2.18. The zero-order valence-corrected chi connectivity index (χ0v) is 15.0. The maximum absolute atomic E-state index is 12.1.